The molecule has 2 atom stereocenters. The van der Waals surface area contributed by atoms with E-state index < -0.39 is 0 Å². The zero-order valence-corrected chi connectivity index (χ0v) is 16.6. The van der Waals surface area contributed by atoms with Crippen LogP contribution in [0.2, 0.25) is 0 Å². The van der Waals surface area contributed by atoms with Crippen molar-refractivity contribution in [3.8, 4) is 6.07 Å². The maximum absolute atomic E-state index is 9.62. The molecule has 0 bridgehead atoms. The Balaban J connectivity index is 1.98. The van der Waals surface area contributed by atoms with Crippen molar-refractivity contribution in [3.05, 3.63) is 76.5 Å². The van der Waals surface area contributed by atoms with E-state index in [1.807, 2.05) is 0 Å². The molecular weight excluding hydrogens is 344 g/mol. The first kappa shape index (κ1) is 18.1. The lowest BCUT2D eigenvalue weighted by atomic mass is 9.97. The number of nitrogens with zero attached hydrogens (tertiary/aromatic N) is 3. The number of hydrogen-bond acceptors (Lipinski definition) is 3. The smallest absolute Gasteiger partial charge is 0.252 e. The van der Waals surface area contributed by atoms with Crippen LogP contribution in [0.3, 0.4) is 0 Å². The van der Waals surface area contributed by atoms with Gasteiger partial charge < -0.3 is 0 Å². The van der Waals surface area contributed by atoms with Crippen molar-refractivity contribution in [2.45, 2.75) is 27.7 Å². The highest BCUT2D eigenvalue weighted by Gasteiger charge is 2.68. The van der Waals surface area contributed by atoms with Crippen molar-refractivity contribution >= 4 is 17.3 Å². The van der Waals surface area contributed by atoms with Gasteiger partial charge in [0, 0.05) is 22.1 Å². The molecule has 2 aromatic carbocycles. The monoisotopic (exact) mass is 367 g/mol. The SMILES string of the molecule is Cc1ccc(C2=N[N+](C(=C=N)C#N)=C(c3ccc(C)cc3)C3C2C3(C)C)cc1. The molecule has 1 N–H and O–H groups in total. The van der Waals surface area contributed by atoms with Gasteiger partial charge in [0.15, 0.2) is 6.07 Å². The summed E-state index contributed by atoms with van der Waals surface area (Å²) in [6.45, 7) is 8.63. The summed E-state index contributed by atoms with van der Waals surface area (Å²) >= 11 is 0. The Morgan fingerprint density at radius 1 is 0.964 bits per heavy atom. The largest absolute Gasteiger partial charge is 0.376 e. The van der Waals surface area contributed by atoms with Gasteiger partial charge in [-0.3, -0.25) is 5.41 Å². The van der Waals surface area contributed by atoms with E-state index >= 15 is 0 Å². The first-order valence-corrected chi connectivity index (χ1v) is 9.48. The number of allylic oxidation sites excluding steroid dienone is 1. The summed E-state index contributed by atoms with van der Waals surface area (Å²) in [5.41, 5.74) is 6.61. The molecule has 1 heterocycles. The molecule has 2 aliphatic rings. The fourth-order valence-corrected chi connectivity index (χ4v) is 4.30. The average molecular weight is 367 g/mol. The van der Waals surface area contributed by atoms with Gasteiger partial charge in [0.05, 0.1) is 11.8 Å². The van der Waals surface area contributed by atoms with Crippen LogP contribution >= 0.6 is 0 Å². The Hall–Kier alpha value is -3.28. The topological polar surface area (TPSA) is 63.0 Å². The predicted octanol–water partition coefficient (Wildman–Crippen LogP) is 4.45. The summed E-state index contributed by atoms with van der Waals surface area (Å²) in [6, 6.07) is 18.8. The molecule has 0 saturated heterocycles. The lowest BCUT2D eigenvalue weighted by molar-refractivity contribution is -0.476. The normalized spacial score (nSPS) is 21.9. The van der Waals surface area contributed by atoms with Gasteiger partial charge >= 0.3 is 5.70 Å². The number of nitrogens with one attached hydrogen (secondary N) is 1. The minimum absolute atomic E-state index is 0.0290. The predicted molar refractivity (Wildman–Crippen MR) is 111 cm³/mol. The van der Waals surface area contributed by atoms with Gasteiger partial charge in [-0.25, -0.2) is 0 Å². The molecule has 28 heavy (non-hydrogen) atoms. The van der Waals surface area contributed by atoms with Crippen LogP contribution in [-0.4, -0.2) is 22.0 Å². The maximum Gasteiger partial charge on any atom is 0.376 e. The molecule has 4 heteroatoms. The molecule has 1 saturated carbocycles. The van der Waals surface area contributed by atoms with Gasteiger partial charge in [-0.15, -0.1) is 0 Å². The van der Waals surface area contributed by atoms with E-state index in [0.29, 0.717) is 0 Å². The third kappa shape index (κ3) is 2.72. The van der Waals surface area contributed by atoms with Gasteiger partial charge in [-0.1, -0.05) is 61.4 Å². The minimum Gasteiger partial charge on any atom is -0.252 e. The van der Waals surface area contributed by atoms with Crippen molar-refractivity contribution in [2.24, 2.45) is 22.4 Å². The molecule has 1 fully saturated rings. The molecule has 4 rings (SSSR count). The molecule has 0 radical (unpaired) electrons. The highest BCUT2D eigenvalue weighted by molar-refractivity contribution is 6.13. The van der Waals surface area contributed by atoms with Gasteiger partial charge in [0.2, 0.25) is 5.71 Å². The second-order valence-corrected chi connectivity index (χ2v) is 8.28. The molecular formula is C24H23N4+. The van der Waals surface area contributed by atoms with Crippen LogP contribution in [0.4, 0.5) is 0 Å². The number of nitriles is 1. The fourth-order valence-electron chi connectivity index (χ4n) is 4.30. The Kier molecular flexibility index (Phi) is 4.14. The molecule has 0 spiro atoms. The Morgan fingerprint density at radius 3 is 2.00 bits per heavy atom. The first-order chi connectivity index (χ1) is 13.4. The third-order valence-corrected chi connectivity index (χ3v) is 5.98. The maximum atomic E-state index is 9.62. The summed E-state index contributed by atoms with van der Waals surface area (Å²) in [5, 5.41) is 22.1. The molecule has 138 valence electrons. The van der Waals surface area contributed by atoms with Crippen LogP contribution in [-0.2, 0) is 0 Å². The van der Waals surface area contributed by atoms with E-state index in [4.69, 9.17) is 10.5 Å². The lowest BCUT2D eigenvalue weighted by Gasteiger charge is -2.11. The summed E-state index contributed by atoms with van der Waals surface area (Å²) < 4.78 is 1.64. The number of fused-ring (bicyclic) bond motifs is 1. The van der Waals surface area contributed by atoms with Crippen LogP contribution in [0, 0.1) is 47.8 Å². The molecule has 4 nitrogen and oxygen atoms in total. The van der Waals surface area contributed by atoms with Crippen molar-refractivity contribution in [3.63, 3.8) is 0 Å². The second kappa shape index (κ2) is 6.41. The van der Waals surface area contributed by atoms with E-state index in [1.165, 1.54) is 11.1 Å². The Labute approximate surface area is 165 Å². The third-order valence-electron chi connectivity index (χ3n) is 5.98. The molecule has 2 aromatic rings. The van der Waals surface area contributed by atoms with E-state index in [1.54, 1.807) is 4.68 Å². The van der Waals surface area contributed by atoms with Crippen LogP contribution in [0.25, 0.3) is 0 Å². The summed E-state index contributed by atoms with van der Waals surface area (Å²) in [6.07, 6.45) is 0. The van der Waals surface area contributed by atoms with Gasteiger partial charge in [0.1, 0.15) is 5.71 Å². The lowest BCUT2D eigenvalue weighted by Crippen LogP contribution is -2.28. The quantitative estimate of drug-likeness (QED) is 0.486. The molecule has 1 aliphatic carbocycles. The zero-order chi connectivity index (χ0) is 20.1. The van der Waals surface area contributed by atoms with Crippen LogP contribution in [0.15, 0.2) is 59.3 Å². The van der Waals surface area contributed by atoms with Crippen molar-refractivity contribution in [1.82, 2.24) is 0 Å². The number of aryl methyl sites for hydroxylation is 2. The van der Waals surface area contributed by atoms with Crippen LogP contribution < -0.4 is 0 Å². The van der Waals surface area contributed by atoms with Crippen molar-refractivity contribution in [1.29, 1.82) is 10.7 Å². The van der Waals surface area contributed by atoms with E-state index in [9.17, 15) is 5.26 Å². The number of rotatable bonds is 3. The molecule has 2 unspecified atom stereocenters. The fraction of sp³-hybridized carbons (Fsp3) is 0.292. The standard InChI is InChI=1S/C24H23N4/c1-15-5-9-17(10-6-15)22-20-21(24(20,3)4)23(18-11-7-16(2)8-12-18)28(27-22)19(13-25)14-26/h5-12,20-21,25H,1-4H3/q+1. The van der Waals surface area contributed by atoms with Gasteiger partial charge in [-0.2, -0.15) is 5.26 Å². The summed E-state index contributed by atoms with van der Waals surface area (Å²) in [7, 11) is 0. The van der Waals surface area contributed by atoms with Crippen LogP contribution in [0.5, 0.6) is 0 Å². The highest BCUT2D eigenvalue weighted by atomic mass is 15.4. The van der Waals surface area contributed by atoms with E-state index in [-0.39, 0.29) is 22.9 Å². The molecule has 0 amide bonds. The summed E-state index contributed by atoms with van der Waals surface area (Å²) in [5.74, 6) is 2.81. The number of hydrogen-bond donors (Lipinski definition) is 1. The minimum atomic E-state index is 0.0290. The number of benzene rings is 2. The zero-order valence-electron chi connectivity index (χ0n) is 16.6. The molecule has 0 aromatic heterocycles. The molecule has 1 aliphatic heterocycles. The van der Waals surface area contributed by atoms with Gasteiger partial charge in [0.25, 0.3) is 0 Å². The van der Waals surface area contributed by atoms with E-state index in [0.717, 1.165) is 22.6 Å². The number of hydrazone groups is 1. The van der Waals surface area contributed by atoms with Crippen molar-refractivity contribution in [2.75, 3.05) is 0 Å². The van der Waals surface area contributed by atoms with Crippen LogP contribution in [0.1, 0.15) is 36.1 Å². The Bertz CT molecular complexity index is 1100. The highest BCUT2D eigenvalue weighted by Crippen LogP contribution is 2.62. The van der Waals surface area contributed by atoms with Crippen molar-refractivity contribution < 1.29 is 4.68 Å². The summed E-state index contributed by atoms with van der Waals surface area (Å²) in [4.78, 5) is 0. The first-order valence-electron chi connectivity index (χ1n) is 9.48. The second-order valence-electron chi connectivity index (χ2n) is 8.28. The van der Waals surface area contributed by atoms with E-state index in [2.05, 4.69) is 88.2 Å². The van der Waals surface area contributed by atoms with Gasteiger partial charge in [-0.05, 0) is 36.1 Å². The Morgan fingerprint density at radius 2 is 1.50 bits per heavy atom. The average Bonchev–Trinajstić information content (AvgIpc) is 3.26.